The SMILES string of the molecule is COc1ccc(OC2CC(C(=O)O)N(C(=O)OC(C)(C)C)C2)cc1. The Bertz CT molecular complexity index is 592. The lowest BCUT2D eigenvalue weighted by atomic mass is 10.2. The highest BCUT2D eigenvalue weighted by atomic mass is 16.6. The first-order valence-electron chi connectivity index (χ1n) is 7.73. The number of carbonyl (C=O) groups is 2. The van der Waals surface area contributed by atoms with E-state index in [1.807, 2.05) is 0 Å². The molecule has 0 aliphatic carbocycles. The predicted molar refractivity (Wildman–Crippen MR) is 86.4 cm³/mol. The fourth-order valence-electron chi connectivity index (χ4n) is 2.49. The molecule has 1 amide bonds. The summed E-state index contributed by atoms with van der Waals surface area (Å²) in [5, 5.41) is 9.36. The number of aliphatic carboxylic acids is 1. The van der Waals surface area contributed by atoms with Gasteiger partial charge in [0.1, 0.15) is 29.2 Å². The van der Waals surface area contributed by atoms with Crippen LogP contribution in [-0.2, 0) is 9.53 Å². The Morgan fingerprint density at radius 1 is 1.17 bits per heavy atom. The molecule has 0 aromatic heterocycles. The van der Waals surface area contributed by atoms with E-state index < -0.39 is 29.8 Å². The Hall–Kier alpha value is -2.44. The van der Waals surface area contributed by atoms with Gasteiger partial charge < -0.3 is 19.3 Å². The molecule has 2 unspecified atom stereocenters. The third-order valence-corrected chi connectivity index (χ3v) is 3.54. The number of ether oxygens (including phenoxy) is 3. The molecule has 1 heterocycles. The summed E-state index contributed by atoms with van der Waals surface area (Å²) in [4.78, 5) is 24.9. The fourth-order valence-corrected chi connectivity index (χ4v) is 2.49. The maximum Gasteiger partial charge on any atom is 0.411 e. The molecule has 7 heteroatoms. The van der Waals surface area contributed by atoms with Gasteiger partial charge in [-0.25, -0.2) is 9.59 Å². The minimum Gasteiger partial charge on any atom is -0.497 e. The van der Waals surface area contributed by atoms with Crippen LogP contribution >= 0.6 is 0 Å². The molecule has 0 saturated carbocycles. The lowest BCUT2D eigenvalue weighted by Gasteiger charge is -2.26. The highest BCUT2D eigenvalue weighted by Crippen LogP contribution is 2.26. The Morgan fingerprint density at radius 3 is 2.25 bits per heavy atom. The number of carbonyl (C=O) groups excluding carboxylic acids is 1. The molecule has 0 radical (unpaired) electrons. The second-order valence-electron chi connectivity index (χ2n) is 6.64. The molecule has 1 aliphatic heterocycles. The molecule has 24 heavy (non-hydrogen) atoms. The van der Waals surface area contributed by atoms with Crippen LogP contribution in [0, 0.1) is 0 Å². The van der Waals surface area contributed by atoms with Crippen LogP contribution in [0.4, 0.5) is 4.79 Å². The summed E-state index contributed by atoms with van der Waals surface area (Å²) in [6.07, 6.45) is -0.844. The summed E-state index contributed by atoms with van der Waals surface area (Å²) in [6, 6.07) is 6.04. The number of likely N-dealkylation sites (tertiary alicyclic amines) is 1. The zero-order chi connectivity index (χ0) is 17.9. The van der Waals surface area contributed by atoms with Gasteiger partial charge in [-0.05, 0) is 45.0 Å². The van der Waals surface area contributed by atoms with Crippen LogP contribution in [0.25, 0.3) is 0 Å². The van der Waals surface area contributed by atoms with Gasteiger partial charge in [0, 0.05) is 6.42 Å². The predicted octanol–water partition coefficient (Wildman–Crippen LogP) is 2.54. The number of carboxylic acids is 1. The van der Waals surface area contributed by atoms with Crippen molar-refractivity contribution in [3.8, 4) is 11.5 Å². The lowest BCUT2D eigenvalue weighted by molar-refractivity contribution is -0.142. The normalized spacial score (nSPS) is 20.6. The van der Waals surface area contributed by atoms with E-state index in [9.17, 15) is 14.7 Å². The molecule has 2 atom stereocenters. The first-order chi connectivity index (χ1) is 11.2. The monoisotopic (exact) mass is 337 g/mol. The molecule has 2 rings (SSSR count). The van der Waals surface area contributed by atoms with Crippen molar-refractivity contribution >= 4 is 12.1 Å². The van der Waals surface area contributed by atoms with Gasteiger partial charge >= 0.3 is 12.1 Å². The van der Waals surface area contributed by atoms with Gasteiger partial charge in [-0.1, -0.05) is 0 Å². The van der Waals surface area contributed by atoms with Crippen molar-refractivity contribution in [2.75, 3.05) is 13.7 Å². The van der Waals surface area contributed by atoms with E-state index in [4.69, 9.17) is 14.2 Å². The van der Waals surface area contributed by atoms with Gasteiger partial charge in [-0.2, -0.15) is 0 Å². The molecule has 1 fully saturated rings. The third kappa shape index (κ3) is 4.53. The Morgan fingerprint density at radius 2 is 1.75 bits per heavy atom. The molecule has 0 bridgehead atoms. The Labute approximate surface area is 141 Å². The van der Waals surface area contributed by atoms with Crippen molar-refractivity contribution in [2.45, 2.75) is 44.9 Å². The van der Waals surface area contributed by atoms with Crippen LogP contribution in [0.1, 0.15) is 27.2 Å². The summed E-state index contributed by atoms with van der Waals surface area (Å²) >= 11 is 0. The standard InChI is InChI=1S/C17H23NO6/c1-17(2,3)24-16(21)18-10-13(9-14(18)15(19)20)23-12-7-5-11(22-4)6-8-12/h5-8,13-14H,9-10H2,1-4H3,(H,19,20). The number of nitrogens with zero attached hydrogens (tertiary/aromatic N) is 1. The molecule has 7 nitrogen and oxygen atoms in total. The fraction of sp³-hybridized carbons (Fsp3) is 0.529. The van der Waals surface area contributed by atoms with Crippen LogP contribution in [0.5, 0.6) is 11.5 Å². The number of amides is 1. The van der Waals surface area contributed by atoms with E-state index in [-0.39, 0.29) is 13.0 Å². The van der Waals surface area contributed by atoms with E-state index in [0.29, 0.717) is 11.5 Å². The summed E-state index contributed by atoms with van der Waals surface area (Å²) < 4.78 is 16.2. The number of rotatable bonds is 4. The molecule has 1 aromatic rings. The minimum atomic E-state index is -1.07. The molecule has 1 saturated heterocycles. The Balaban J connectivity index is 2.05. The van der Waals surface area contributed by atoms with E-state index >= 15 is 0 Å². The smallest absolute Gasteiger partial charge is 0.411 e. The molecule has 1 aromatic carbocycles. The summed E-state index contributed by atoms with van der Waals surface area (Å²) in [5.74, 6) is 0.227. The summed E-state index contributed by atoms with van der Waals surface area (Å²) in [6.45, 7) is 5.38. The molecule has 1 N–H and O–H groups in total. The number of benzene rings is 1. The highest BCUT2D eigenvalue weighted by Gasteiger charge is 2.42. The van der Waals surface area contributed by atoms with Crippen LogP contribution in [0.2, 0.25) is 0 Å². The average Bonchev–Trinajstić information content (AvgIpc) is 2.90. The second kappa shape index (κ2) is 6.98. The second-order valence-corrected chi connectivity index (χ2v) is 6.64. The minimum absolute atomic E-state index is 0.165. The van der Waals surface area contributed by atoms with Crippen LogP contribution in [0.3, 0.4) is 0 Å². The van der Waals surface area contributed by atoms with E-state index in [1.165, 1.54) is 4.90 Å². The van der Waals surface area contributed by atoms with Crippen molar-refractivity contribution in [1.82, 2.24) is 4.90 Å². The zero-order valence-corrected chi connectivity index (χ0v) is 14.3. The molecular formula is C17H23NO6. The molecular weight excluding hydrogens is 314 g/mol. The van der Waals surface area contributed by atoms with E-state index in [0.717, 1.165) is 0 Å². The van der Waals surface area contributed by atoms with E-state index in [1.54, 1.807) is 52.1 Å². The zero-order valence-electron chi connectivity index (χ0n) is 14.3. The third-order valence-electron chi connectivity index (χ3n) is 3.54. The number of carboxylic acid groups (broad SMARTS) is 1. The quantitative estimate of drug-likeness (QED) is 0.909. The van der Waals surface area contributed by atoms with Crippen molar-refractivity contribution < 1.29 is 28.9 Å². The van der Waals surface area contributed by atoms with Gasteiger partial charge in [-0.15, -0.1) is 0 Å². The first-order valence-corrected chi connectivity index (χ1v) is 7.73. The first kappa shape index (κ1) is 17.9. The van der Waals surface area contributed by atoms with Crippen LogP contribution in [0.15, 0.2) is 24.3 Å². The number of hydrogen-bond donors (Lipinski definition) is 1. The van der Waals surface area contributed by atoms with Gasteiger partial charge in [-0.3, -0.25) is 4.90 Å². The maximum atomic E-state index is 12.2. The lowest BCUT2D eigenvalue weighted by Crippen LogP contribution is -2.43. The van der Waals surface area contributed by atoms with Crippen molar-refractivity contribution in [1.29, 1.82) is 0 Å². The van der Waals surface area contributed by atoms with E-state index in [2.05, 4.69) is 0 Å². The van der Waals surface area contributed by atoms with Crippen molar-refractivity contribution in [2.24, 2.45) is 0 Å². The largest absolute Gasteiger partial charge is 0.497 e. The summed E-state index contributed by atoms with van der Waals surface area (Å²) in [7, 11) is 1.57. The van der Waals surface area contributed by atoms with Crippen LogP contribution < -0.4 is 9.47 Å². The topological polar surface area (TPSA) is 85.3 Å². The molecule has 132 valence electrons. The van der Waals surface area contributed by atoms with Crippen LogP contribution in [-0.4, -0.2) is 53.5 Å². The summed E-state index contributed by atoms with van der Waals surface area (Å²) in [5.41, 5.74) is -0.685. The number of hydrogen-bond acceptors (Lipinski definition) is 5. The van der Waals surface area contributed by atoms with Crippen molar-refractivity contribution in [3.05, 3.63) is 24.3 Å². The van der Waals surface area contributed by atoms with Gasteiger partial charge in [0.25, 0.3) is 0 Å². The van der Waals surface area contributed by atoms with Gasteiger partial charge in [0.05, 0.1) is 13.7 Å². The maximum absolute atomic E-state index is 12.2. The number of methoxy groups -OCH3 is 1. The average molecular weight is 337 g/mol. The Kier molecular flexibility index (Phi) is 5.21. The van der Waals surface area contributed by atoms with Crippen molar-refractivity contribution in [3.63, 3.8) is 0 Å². The van der Waals surface area contributed by atoms with Gasteiger partial charge in [0.15, 0.2) is 0 Å². The van der Waals surface area contributed by atoms with Gasteiger partial charge in [0.2, 0.25) is 0 Å². The highest BCUT2D eigenvalue weighted by molar-refractivity contribution is 5.81. The molecule has 0 spiro atoms. The molecule has 1 aliphatic rings.